The minimum Gasteiger partial charge on any atom is -0.283 e. The summed E-state index contributed by atoms with van der Waals surface area (Å²) in [6.45, 7) is 0.993. The van der Waals surface area contributed by atoms with E-state index in [9.17, 15) is 19.2 Å². The van der Waals surface area contributed by atoms with Gasteiger partial charge in [0.2, 0.25) is 23.6 Å². The van der Waals surface area contributed by atoms with Crippen molar-refractivity contribution in [3.05, 3.63) is 0 Å². The van der Waals surface area contributed by atoms with Crippen molar-refractivity contribution >= 4 is 23.6 Å². The largest absolute Gasteiger partial charge is 0.283 e. The Balaban J connectivity index is 1.84. The number of nitrogens with zero attached hydrogens (tertiary/aromatic N) is 2. The van der Waals surface area contributed by atoms with Crippen molar-refractivity contribution in [2.75, 3.05) is 13.1 Å². The first-order chi connectivity index (χ1) is 17.1. The average Bonchev–Trinajstić information content (AvgIpc) is 2.87. The summed E-state index contributed by atoms with van der Waals surface area (Å²) in [5, 5.41) is 0. The molecule has 0 atom stereocenters. The molecule has 0 N–H and O–H groups in total. The molecule has 2 saturated heterocycles. The Labute approximate surface area is 213 Å². The number of amides is 4. The van der Waals surface area contributed by atoms with Gasteiger partial charge in [-0.3, -0.25) is 29.0 Å². The van der Waals surface area contributed by atoms with Crippen LogP contribution in [0.4, 0.5) is 0 Å². The van der Waals surface area contributed by atoms with E-state index in [0.29, 0.717) is 32.4 Å². The first kappa shape index (κ1) is 29.5. The molecule has 0 unspecified atom stereocenters. The summed E-state index contributed by atoms with van der Waals surface area (Å²) in [4.78, 5) is 54.2. The fraction of sp³-hybridized carbons (Fsp3) is 0.862. The molecule has 35 heavy (non-hydrogen) atoms. The molecule has 6 nitrogen and oxygen atoms in total. The van der Waals surface area contributed by atoms with E-state index in [1.165, 1.54) is 61.2 Å². The van der Waals surface area contributed by atoms with Crippen LogP contribution in [0.3, 0.4) is 0 Å². The normalized spacial score (nSPS) is 21.5. The number of rotatable bonds is 4. The molecule has 200 valence electrons. The molecule has 0 aromatic heterocycles. The maximum atomic E-state index is 12.9. The first-order valence-corrected chi connectivity index (χ1v) is 14.8. The van der Waals surface area contributed by atoms with Crippen molar-refractivity contribution in [2.45, 2.75) is 148 Å². The van der Waals surface area contributed by atoms with Gasteiger partial charge in [0.05, 0.1) is 0 Å². The van der Waals surface area contributed by atoms with E-state index in [-0.39, 0.29) is 36.5 Å². The van der Waals surface area contributed by atoms with Gasteiger partial charge >= 0.3 is 0 Å². The second kappa shape index (κ2) is 18.5. The summed E-state index contributed by atoms with van der Waals surface area (Å²) >= 11 is 0. The molecule has 0 aliphatic carbocycles. The highest BCUT2D eigenvalue weighted by molar-refractivity contribution is 5.96. The molecule has 0 aromatic rings. The van der Waals surface area contributed by atoms with Crippen molar-refractivity contribution in [3.8, 4) is 0 Å². The third-order valence-electron chi connectivity index (χ3n) is 7.53. The van der Waals surface area contributed by atoms with Gasteiger partial charge in [0.1, 0.15) is 0 Å². The predicted molar refractivity (Wildman–Crippen MR) is 140 cm³/mol. The molecule has 0 bridgehead atoms. The highest BCUT2D eigenvalue weighted by Crippen LogP contribution is 2.17. The van der Waals surface area contributed by atoms with E-state index in [0.717, 1.165) is 64.2 Å². The quantitative estimate of drug-likeness (QED) is 0.440. The second-order valence-corrected chi connectivity index (χ2v) is 10.6. The SMILES string of the molecule is O=C1CCCCCCCCCCCN1C(=O)CCCC(=O)N1CCCCCCCCCCCC1=O. The Bertz CT molecular complexity index is 595. The highest BCUT2D eigenvalue weighted by Gasteiger charge is 2.23. The molecular formula is C29H50N2O4. The molecule has 2 aliphatic rings. The molecule has 0 radical (unpaired) electrons. The molecule has 2 heterocycles. The van der Waals surface area contributed by atoms with Crippen molar-refractivity contribution in [3.63, 3.8) is 0 Å². The van der Waals surface area contributed by atoms with Crippen LogP contribution in [0.1, 0.15) is 148 Å². The van der Waals surface area contributed by atoms with Crippen molar-refractivity contribution in [1.82, 2.24) is 9.80 Å². The van der Waals surface area contributed by atoms with Gasteiger partial charge in [-0.1, -0.05) is 89.9 Å². The Morgan fingerprint density at radius 2 is 0.743 bits per heavy atom. The fourth-order valence-electron chi connectivity index (χ4n) is 5.27. The van der Waals surface area contributed by atoms with Crippen molar-refractivity contribution < 1.29 is 19.2 Å². The van der Waals surface area contributed by atoms with Gasteiger partial charge < -0.3 is 0 Å². The summed E-state index contributed by atoms with van der Waals surface area (Å²) in [6, 6.07) is 0. The monoisotopic (exact) mass is 490 g/mol. The lowest BCUT2D eigenvalue weighted by Gasteiger charge is -2.22. The maximum absolute atomic E-state index is 12.9. The Hall–Kier alpha value is -1.72. The zero-order valence-electron chi connectivity index (χ0n) is 22.2. The third-order valence-corrected chi connectivity index (χ3v) is 7.53. The number of hydrogen-bond acceptors (Lipinski definition) is 4. The molecule has 4 amide bonds. The predicted octanol–water partition coefficient (Wildman–Crippen LogP) is 6.70. The fourth-order valence-corrected chi connectivity index (χ4v) is 5.27. The number of imide groups is 2. The lowest BCUT2D eigenvalue weighted by atomic mass is 10.1. The average molecular weight is 491 g/mol. The molecule has 0 aromatic carbocycles. The number of carbonyl (C=O) groups excluding carboxylic acids is 4. The molecule has 6 heteroatoms. The van der Waals surface area contributed by atoms with E-state index in [4.69, 9.17) is 0 Å². The number of carbonyl (C=O) groups is 4. The van der Waals surface area contributed by atoms with Crippen molar-refractivity contribution in [2.24, 2.45) is 0 Å². The second-order valence-electron chi connectivity index (χ2n) is 10.6. The van der Waals surface area contributed by atoms with Gasteiger partial charge in [0, 0.05) is 38.8 Å². The highest BCUT2D eigenvalue weighted by atomic mass is 16.2. The van der Waals surface area contributed by atoms with Crippen LogP contribution in [0.15, 0.2) is 0 Å². The number of hydrogen-bond donors (Lipinski definition) is 0. The van der Waals surface area contributed by atoms with Gasteiger partial charge in [-0.05, 0) is 32.1 Å². The Morgan fingerprint density at radius 1 is 0.457 bits per heavy atom. The third kappa shape index (κ3) is 12.7. The van der Waals surface area contributed by atoms with Crippen LogP contribution in [-0.4, -0.2) is 46.5 Å². The van der Waals surface area contributed by atoms with Crippen LogP contribution in [0.25, 0.3) is 0 Å². The van der Waals surface area contributed by atoms with Crippen LogP contribution in [0.5, 0.6) is 0 Å². The molecule has 2 fully saturated rings. The lowest BCUT2D eigenvalue weighted by Crippen LogP contribution is -2.39. The van der Waals surface area contributed by atoms with Crippen LogP contribution in [0.2, 0.25) is 0 Å². The summed E-state index contributed by atoms with van der Waals surface area (Å²) in [5.74, 6) is -0.438. The standard InChI is InChI=1S/C29H50N2O4/c32-26-20-15-11-7-3-1-5-9-13-17-24-30(26)28(34)22-19-23-29(35)31-25-18-14-10-6-2-4-8-12-16-21-27(31)33/h1-25H2. The van der Waals surface area contributed by atoms with Gasteiger partial charge in [0.15, 0.2) is 0 Å². The molecule has 2 rings (SSSR count). The zero-order chi connectivity index (χ0) is 25.1. The van der Waals surface area contributed by atoms with Crippen molar-refractivity contribution in [1.29, 1.82) is 0 Å². The van der Waals surface area contributed by atoms with E-state index >= 15 is 0 Å². The van der Waals surface area contributed by atoms with E-state index in [1.807, 2.05) is 0 Å². The zero-order valence-corrected chi connectivity index (χ0v) is 22.2. The molecule has 2 aliphatic heterocycles. The van der Waals surface area contributed by atoms with Crippen LogP contribution < -0.4 is 0 Å². The smallest absolute Gasteiger partial charge is 0.229 e. The van der Waals surface area contributed by atoms with Gasteiger partial charge in [-0.25, -0.2) is 0 Å². The van der Waals surface area contributed by atoms with Crippen LogP contribution >= 0.6 is 0 Å². The summed E-state index contributed by atoms with van der Waals surface area (Å²) in [6.07, 6.45) is 21.4. The summed E-state index contributed by atoms with van der Waals surface area (Å²) in [5.41, 5.74) is 0. The minimum absolute atomic E-state index is 0.0604. The van der Waals surface area contributed by atoms with E-state index < -0.39 is 0 Å². The molecule has 0 spiro atoms. The topological polar surface area (TPSA) is 74.8 Å². The lowest BCUT2D eigenvalue weighted by molar-refractivity contribution is -0.145. The maximum Gasteiger partial charge on any atom is 0.229 e. The van der Waals surface area contributed by atoms with Gasteiger partial charge in [-0.2, -0.15) is 0 Å². The van der Waals surface area contributed by atoms with Gasteiger partial charge in [0.25, 0.3) is 0 Å². The van der Waals surface area contributed by atoms with E-state index in [2.05, 4.69) is 0 Å². The summed E-state index contributed by atoms with van der Waals surface area (Å²) < 4.78 is 0. The summed E-state index contributed by atoms with van der Waals surface area (Å²) in [7, 11) is 0. The Kier molecular flexibility index (Phi) is 15.6. The molecule has 0 saturated carbocycles. The van der Waals surface area contributed by atoms with Gasteiger partial charge in [-0.15, -0.1) is 0 Å². The molecular weight excluding hydrogens is 440 g/mol. The first-order valence-electron chi connectivity index (χ1n) is 14.8. The Morgan fingerprint density at radius 3 is 1.09 bits per heavy atom. The van der Waals surface area contributed by atoms with Crippen LogP contribution in [-0.2, 0) is 19.2 Å². The van der Waals surface area contributed by atoms with Crippen LogP contribution in [0, 0.1) is 0 Å². The van der Waals surface area contributed by atoms with E-state index in [1.54, 1.807) is 0 Å². The minimum atomic E-state index is -0.158.